The molecule has 0 saturated heterocycles. The van der Waals surface area contributed by atoms with Gasteiger partial charge in [0.1, 0.15) is 18.5 Å². The first-order valence-corrected chi connectivity index (χ1v) is 7.79. The number of pyridine rings is 1. The van der Waals surface area contributed by atoms with Crippen LogP contribution in [0.25, 0.3) is 5.82 Å². The molecule has 9 heteroatoms. The van der Waals surface area contributed by atoms with Gasteiger partial charge in [-0.2, -0.15) is 5.10 Å². The van der Waals surface area contributed by atoms with Gasteiger partial charge in [0, 0.05) is 12.0 Å². The van der Waals surface area contributed by atoms with Crippen LogP contribution in [0.4, 0.5) is 10.1 Å². The number of rotatable bonds is 4. The monoisotopic (exact) mass is 352 g/mol. The number of amides is 1. The van der Waals surface area contributed by atoms with Gasteiger partial charge in [-0.05, 0) is 24.3 Å². The summed E-state index contributed by atoms with van der Waals surface area (Å²) in [4.78, 5) is 25.6. The molecule has 3 heterocycles. The number of halogens is 1. The van der Waals surface area contributed by atoms with Crippen LogP contribution in [0.2, 0.25) is 0 Å². The largest absolute Gasteiger partial charge is 0.382 e. The SMILES string of the molecule is O=C(Nc1ccc(-n2cncn2)nc1)C1CC(c2cccc(F)c2)=NO1. The number of benzene rings is 1. The maximum Gasteiger partial charge on any atom is 0.268 e. The van der Waals surface area contributed by atoms with Gasteiger partial charge in [-0.1, -0.05) is 17.3 Å². The van der Waals surface area contributed by atoms with E-state index in [4.69, 9.17) is 4.84 Å². The summed E-state index contributed by atoms with van der Waals surface area (Å²) >= 11 is 0. The molecule has 0 fully saturated rings. The molecule has 1 aromatic carbocycles. The summed E-state index contributed by atoms with van der Waals surface area (Å²) in [5, 5.41) is 10.6. The summed E-state index contributed by atoms with van der Waals surface area (Å²) in [6, 6.07) is 9.41. The Morgan fingerprint density at radius 3 is 2.96 bits per heavy atom. The molecule has 0 spiro atoms. The van der Waals surface area contributed by atoms with Gasteiger partial charge in [-0.15, -0.1) is 0 Å². The lowest BCUT2D eigenvalue weighted by molar-refractivity contribution is -0.125. The van der Waals surface area contributed by atoms with Crippen LogP contribution in [0, 0.1) is 5.82 Å². The van der Waals surface area contributed by atoms with E-state index < -0.39 is 6.10 Å². The molecule has 1 unspecified atom stereocenters. The highest BCUT2D eigenvalue weighted by atomic mass is 19.1. The molecule has 0 aliphatic carbocycles. The third-order valence-electron chi connectivity index (χ3n) is 3.79. The lowest BCUT2D eigenvalue weighted by Crippen LogP contribution is -2.28. The minimum Gasteiger partial charge on any atom is -0.382 e. The van der Waals surface area contributed by atoms with Crippen LogP contribution in [-0.2, 0) is 9.63 Å². The van der Waals surface area contributed by atoms with E-state index in [0.29, 0.717) is 22.8 Å². The fourth-order valence-electron chi connectivity index (χ4n) is 2.50. The highest BCUT2D eigenvalue weighted by Crippen LogP contribution is 2.19. The van der Waals surface area contributed by atoms with Crippen LogP contribution in [0.1, 0.15) is 12.0 Å². The van der Waals surface area contributed by atoms with Gasteiger partial charge in [0.2, 0.25) is 6.10 Å². The second-order valence-corrected chi connectivity index (χ2v) is 5.58. The van der Waals surface area contributed by atoms with Crippen LogP contribution in [-0.4, -0.2) is 37.5 Å². The summed E-state index contributed by atoms with van der Waals surface area (Å²) in [5.41, 5.74) is 1.64. The third-order valence-corrected chi connectivity index (χ3v) is 3.79. The Hall–Kier alpha value is -3.62. The second-order valence-electron chi connectivity index (χ2n) is 5.58. The molecular weight excluding hydrogens is 339 g/mol. The van der Waals surface area contributed by atoms with Gasteiger partial charge in [0.25, 0.3) is 5.91 Å². The van der Waals surface area contributed by atoms with E-state index in [0.717, 1.165) is 0 Å². The highest BCUT2D eigenvalue weighted by molar-refractivity contribution is 6.06. The van der Waals surface area contributed by atoms with Gasteiger partial charge in [-0.25, -0.2) is 19.0 Å². The number of hydrogen-bond donors (Lipinski definition) is 1. The smallest absolute Gasteiger partial charge is 0.268 e. The molecule has 2 aromatic heterocycles. The van der Waals surface area contributed by atoms with Crippen molar-refractivity contribution in [2.75, 3.05) is 5.32 Å². The highest BCUT2D eigenvalue weighted by Gasteiger charge is 2.29. The quantitative estimate of drug-likeness (QED) is 0.774. The average Bonchev–Trinajstić information content (AvgIpc) is 3.35. The standard InChI is InChI=1S/C17H13FN6O2/c18-12-3-1-2-11(6-12)14-7-15(26-23-14)17(25)22-13-4-5-16(20-8-13)24-10-19-9-21-24/h1-6,8-10,15H,7H2,(H,22,25). The lowest BCUT2D eigenvalue weighted by Gasteiger charge is -2.09. The third kappa shape index (κ3) is 3.27. The summed E-state index contributed by atoms with van der Waals surface area (Å²) in [5.74, 6) is -0.138. The number of anilines is 1. The zero-order chi connectivity index (χ0) is 17.9. The van der Waals surface area contributed by atoms with Crippen molar-refractivity contribution in [2.24, 2.45) is 5.16 Å². The number of nitrogens with one attached hydrogen (secondary N) is 1. The van der Waals surface area contributed by atoms with Crippen molar-refractivity contribution in [1.29, 1.82) is 0 Å². The zero-order valence-electron chi connectivity index (χ0n) is 13.4. The number of carbonyl (C=O) groups is 1. The van der Waals surface area contributed by atoms with Gasteiger partial charge in [0.15, 0.2) is 5.82 Å². The molecule has 1 N–H and O–H groups in total. The normalized spacial score (nSPS) is 16.0. The second kappa shape index (κ2) is 6.71. The maximum atomic E-state index is 13.3. The molecule has 0 radical (unpaired) electrons. The Bertz CT molecular complexity index is 956. The van der Waals surface area contributed by atoms with Crippen LogP contribution in [0.5, 0.6) is 0 Å². The first kappa shape index (κ1) is 15.9. The molecule has 1 aliphatic heterocycles. The van der Waals surface area contributed by atoms with Crippen molar-refractivity contribution in [2.45, 2.75) is 12.5 Å². The number of nitrogens with zero attached hydrogens (tertiary/aromatic N) is 5. The zero-order valence-corrected chi connectivity index (χ0v) is 13.4. The Morgan fingerprint density at radius 1 is 1.31 bits per heavy atom. The van der Waals surface area contributed by atoms with E-state index in [1.165, 1.54) is 35.7 Å². The topological polar surface area (TPSA) is 94.3 Å². The fraction of sp³-hybridized carbons (Fsp3) is 0.118. The molecule has 26 heavy (non-hydrogen) atoms. The summed E-state index contributed by atoms with van der Waals surface area (Å²) in [6.07, 6.45) is 3.93. The van der Waals surface area contributed by atoms with Gasteiger partial charge >= 0.3 is 0 Å². The first-order chi connectivity index (χ1) is 12.7. The van der Waals surface area contributed by atoms with E-state index in [1.54, 1.807) is 24.3 Å². The molecule has 0 saturated carbocycles. The average molecular weight is 352 g/mol. The first-order valence-electron chi connectivity index (χ1n) is 7.79. The molecule has 8 nitrogen and oxygen atoms in total. The van der Waals surface area contributed by atoms with E-state index in [1.807, 2.05) is 0 Å². The Labute approximate surface area is 147 Å². The Balaban J connectivity index is 1.39. The van der Waals surface area contributed by atoms with Crippen molar-refractivity contribution in [3.8, 4) is 5.82 Å². The molecule has 1 amide bonds. The van der Waals surface area contributed by atoms with Gasteiger partial charge in [-0.3, -0.25) is 4.79 Å². The number of carbonyl (C=O) groups excluding carboxylic acids is 1. The number of hydrogen-bond acceptors (Lipinski definition) is 6. The maximum absolute atomic E-state index is 13.3. The minimum atomic E-state index is -0.775. The number of aromatic nitrogens is 4. The van der Waals surface area contributed by atoms with Crippen LogP contribution in [0.3, 0.4) is 0 Å². The van der Waals surface area contributed by atoms with Crippen LogP contribution in [0.15, 0.2) is 60.4 Å². The van der Waals surface area contributed by atoms with Crippen molar-refractivity contribution in [3.63, 3.8) is 0 Å². The summed E-state index contributed by atoms with van der Waals surface area (Å²) < 4.78 is 14.8. The predicted molar refractivity (Wildman–Crippen MR) is 90.2 cm³/mol. The Morgan fingerprint density at radius 2 is 2.23 bits per heavy atom. The van der Waals surface area contributed by atoms with Crippen LogP contribution < -0.4 is 5.32 Å². The van der Waals surface area contributed by atoms with E-state index in [9.17, 15) is 9.18 Å². The van der Waals surface area contributed by atoms with E-state index >= 15 is 0 Å². The van der Waals surface area contributed by atoms with Crippen molar-refractivity contribution >= 4 is 17.3 Å². The minimum absolute atomic E-state index is 0.264. The summed E-state index contributed by atoms with van der Waals surface area (Å²) in [7, 11) is 0. The molecule has 0 bridgehead atoms. The van der Waals surface area contributed by atoms with Crippen molar-refractivity contribution < 1.29 is 14.0 Å². The van der Waals surface area contributed by atoms with Crippen molar-refractivity contribution in [3.05, 3.63) is 66.6 Å². The van der Waals surface area contributed by atoms with Crippen molar-refractivity contribution in [1.82, 2.24) is 19.7 Å². The van der Waals surface area contributed by atoms with E-state index in [-0.39, 0.29) is 18.1 Å². The molecule has 3 aromatic rings. The predicted octanol–water partition coefficient (Wildman–Crippen LogP) is 1.93. The van der Waals surface area contributed by atoms with Gasteiger partial charge in [0.05, 0.1) is 17.6 Å². The van der Waals surface area contributed by atoms with Crippen LogP contribution >= 0.6 is 0 Å². The van der Waals surface area contributed by atoms with E-state index in [2.05, 4.69) is 25.5 Å². The number of oxime groups is 1. The molecule has 1 atom stereocenters. The molecule has 130 valence electrons. The lowest BCUT2D eigenvalue weighted by atomic mass is 10.0. The van der Waals surface area contributed by atoms with Gasteiger partial charge < -0.3 is 10.2 Å². The Kier molecular flexibility index (Phi) is 4.10. The molecular formula is C17H13FN6O2. The molecule has 1 aliphatic rings. The molecule has 4 rings (SSSR count). The summed E-state index contributed by atoms with van der Waals surface area (Å²) in [6.45, 7) is 0. The fourth-order valence-corrected chi connectivity index (χ4v) is 2.50.